The molecule has 2 aromatic carbocycles. The van der Waals surface area contributed by atoms with Crippen molar-refractivity contribution in [1.82, 2.24) is 0 Å². The van der Waals surface area contributed by atoms with Gasteiger partial charge in [0, 0.05) is 0 Å². The van der Waals surface area contributed by atoms with Crippen LogP contribution in [0.1, 0.15) is 0 Å². The molecule has 0 bridgehead atoms. The van der Waals surface area contributed by atoms with Gasteiger partial charge in [0.2, 0.25) is 0 Å². The first-order valence-corrected chi connectivity index (χ1v) is 15.6. The molecular weight excluding hydrogens is 303 g/mol. The van der Waals surface area contributed by atoms with Crippen LogP contribution in [0.25, 0.3) is 10.8 Å². The minimum absolute atomic E-state index is 1.07. The second kappa shape index (κ2) is 4.28. The molecule has 0 amide bonds. The summed E-state index contributed by atoms with van der Waals surface area (Å²) in [5.41, 5.74) is 0. The molecule has 0 aromatic heterocycles. The van der Waals surface area contributed by atoms with Crippen molar-refractivity contribution in [3.05, 3.63) is 36.4 Å². The van der Waals surface area contributed by atoms with Crippen molar-refractivity contribution < 1.29 is 4.74 Å². The molecule has 0 aliphatic carbocycles. The Bertz CT molecular complexity index is 512. The third-order valence-electron chi connectivity index (χ3n) is 2.88. The van der Waals surface area contributed by atoms with Crippen molar-refractivity contribution in [2.45, 2.75) is 14.8 Å². The number of ether oxygens (including phenoxy) is 1. The Morgan fingerprint density at radius 2 is 1.50 bits per heavy atom. The fraction of sp³-hybridized carbons (Fsp3) is 0.286. The predicted molar refractivity (Wildman–Crippen MR) is 73.5 cm³/mol. The van der Waals surface area contributed by atoms with Crippen LogP contribution in [-0.4, -0.2) is 25.5 Å². The van der Waals surface area contributed by atoms with E-state index in [1.807, 2.05) is 0 Å². The number of hydrogen-bond donors (Lipinski definition) is 0. The fourth-order valence-electron chi connectivity index (χ4n) is 1.97. The Balaban J connectivity index is 2.73. The van der Waals surface area contributed by atoms with E-state index in [2.05, 4.69) is 51.2 Å². The van der Waals surface area contributed by atoms with Gasteiger partial charge in [-0.3, -0.25) is 0 Å². The molecule has 2 heteroatoms. The molecule has 0 spiro atoms. The topological polar surface area (TPSA) is 9.23 Å². The summed E-state index contributed by atoms with van der Waals surface area (Å²) < 4.78 is 7.00. The standard InChI is InChI=1S/C11H9O.3CH3.Sn/c1-12-11-7-6-9-4-2-3-5-10(9)8-11;;;;/h2-6,8H,1H3;3*1H3;. The second-order valence-electron chi connectivity index (χ2n) is 5.15. The molecule has 2 rings (SSSR count). The third-order valence-corrected chi connectivity index (χ3v) is 8.60. The van der Waals surface area contributed by atoms with Crippen LogP contribution in [0.5, 0.6) is 5.75 Å². The molecule has 1 nitrogen and oxygen atoms in total. The number of methoxy groups -OCH3 is 1. The Kier molecular flexibility index (Phi) is 3.15. The normalized spacial score (nSPS) is 11.8. The van der Waals surface area contributed by atoms with Crippen molar-refractivity contribution in [1.29, 1.82) is 0 Å². The maximum absolute atomic E-state index is 5.53. The predicted octanol–water partition coefficient (Wildman–Crippen LogP) is 3.39. The second-order valence-corrected chi connectivity index (χ2v) is 19.5. The van der Waals surface area contributed by atoms with Crippen LogP contribution in [0, 0.1) is 0 Å². The molecular formula is C14H18OSn. The molecule has 0 unspecified atom stereocenters. The van der Waals surface area contributed by atoms with Crippen molar-refractivity contribution in [3.8, 4) is 5.75 Å². The quantitative estimate of drug-likeness (QED) is 0.771. The van der Waals surface area contributed by atoms with Crippen LogP contribution in [0.4, 0.5) is 0 Å². The first-order chi connectivity index (χ1) is 7.52. The van der Waals surface area contributed by atoms with Gasteiger partial charge in [0.25, 0.3) is 0 Å². The van der Waals surface area contributed by atoms with Crippen molar-refractivity contribution in [3.63, 3.8) is 0 Å². The molecule has 0 saturated heterocycles. The van der Waals surface area contributed by atoms with Gasteiger partial charge in [-0.05, 0) is 0 Å². The molecule has 84 valence electrons. The summed E-state index contributed by atoms with van der Waals surface area (Å²) >= 11 is -2.08. The van der Waals surface area contributed by atoms with Crippen molar-refractivity contribution in [2.75, 3.05) is 7.11 Å². The molecule has 0 aliphatic heterocycles. The first-order valence-electron chi connectivity index (χ1n) is 5.59. The SMILES string of the molecule is COc1cc2ccccc2c[c]1[Sn]([CH3])([CH3])[CH3]. The van der Waals surface area contributed by atoms with Gasteiger partial charge in [-0.15, -0.1) is 0 Å². The van der Waals surface area contributed by atoms with Crippen LogP contribution < -0.4 is 8.32 Å². The Hall–Kier alpha value is -0.701. The van der Waals surface area contributed by atoms with Crippen LogP contribution in [0.3, 0.4) is 0 Å². The molecule has 0 aliphatic rings. The minimum atomic E-state index is -2.08. The Morgan fingerprint density at radius 3 is 2.00 bits per heavy atom. The van der Waals surface area contributed by atoms with E-state index < -0.39 is 18.4 Å². The summed E-state index contributed by atoms with van der Waals surface area (Å²) in [7, 11) is 1.77. The average molecular weight is 321 g/mol. The van der Waals surface area contributed by atoms with Crippen molar-refractivity contribution >= 4 is 32.7 Å². The molecule has 0 heterocycles. The molecule has 0 atom stereocenters. The van der Waals surface area contributed by atoms with Crippen LogP contribution in [0.2, 0.25) is 14.8 Å². The molecule has 0 N–H and O–H groups in total. The van der Waals surface area contributed by atoms with E-state index in [0.29, 0.717) is 0 Å². The third kappa shape index (κ3) is 2.19. The van der Waals surface area contributed by atoms with Gasteiger partial charge < -0.3 is 0 Å². The van der Waals surface area contributed by atoms with E-state index in [9.17, 15) is 0 Å². The monoisotopic (exact) mass is 322 g/mol. The molecule has 0 fully saturated rings. The van der Waals surface area contributed by atoms with Gasteiger partial charge in [-0.2, -0.15) is 0 Å². The van der Waals surface area contributed by atoms with Gasteiger partial charge in [-0.1, -0.05) is 0 Å². The summed E-state index contributed by atoms with van der Waals surface area (Å²) in [6.45, 7) is 0. The zero-order valence-corrected chi connectivity index (χ0v) is 13.2. The van der Waals surface area contributed by atoms with Gasteiger partial charge in [0.05, 0.1) is 0 Å². The van der Waals surface area contributed by atoms with E-state index >= 15 is 0 Å². The van der Waals surface area contributed by atoms with E-state index in [1.54, 1.807) is 7.11 Å². The van der Waals surface area contributed by atoms with Gasteiger partial charge >= 0.3 is 102 Å². The van der Waals surface area contributed by atoms with Gasteiger partial charge in [0.15, 0.2) is 0 Å². The van der Waals surface area contributed by atoms with E-state index in [1.165, 1.54) is 14.4 Å². The summed E-state index contributed by atoms with van der Waals surface area (Å²) in [5.74, 6) is 1.07. The first kappa shape index (κ1) is 11.8. The number of fused-ring (bicyclic) bond motifs is 1. The molecule has 0 saturated carbocycles. The molecule has 0 radical (unpaired) electrons. The van der Waals surface area contributed by atoms with E-state index in [0.717, 1.165) is 5.75 Å². The summed E-state index contributed by atoms with van der Waals surface area (Å²) in [6.07, 6.45) is 0. The summed E-state index contributed by atoms with van der Waals surface area (Å²) in [4.78, 5) is 7.25. The molecule has 2 aromatic rings. The summed E-state index contributed by atoms with van der Waals surface area (Å²) in [5, 5.41) is 2.59. The maximum atomic E-state index is 5.53. The Morgan fingerprint density at radius 1 is 0.938 bits per heavy atom. The Labute approximate surface area is 101 Å². The zero-order valence-electron chi connectivity index (χ0n) is 10.4. The van der Waals surface area contributed by atoms with E-state index in [4.69, 9.17) is 4.74 Å². The van der Waals surface area contributed by atoms with Gasteiger partial charge in [-0.25, -0.2) is 0 Å². The van der Waals surface area contributed by atoms with Crippen LogP contribution >= 0.6 is 0 Å². The average Bonchev–Trinajstić information content (AvgIpc) is 2.26. The molecule has 16 heavy (non-hydrogen) atoms. The number of benzene rings is 2. The van der Waals surface area contributed by atoms with Crippen LogP contribution in [0.15, 0.2) is 36.4 Å². The fourth-order valence-corrected chi connectivity index (χ4v) is 6.26. The van der Waals surface area contributed by atoms with E-state index in [-0.39, 0.29) is 0 Å². The number of hydrogen-bond acceptors (Lipinski definition) is 1. The summed E-state index contributed by atoms with van der Waals surface area (Å²) in [6, 6.07) is 13.0. The number of rotatable bonds is 2. The van der Waals surface area contributed by atoms with Gasteiger partial charge in [0.1, 0.15) is 0 Å². The van der Waals surface area contributed by atoms with Crippen LogP contribution in [-0.2, 0) is 0 Å². The van der Waals surface area contributed by atoms with Crippen molar-refractivity contribution in [2.24, 2.45) is 0 Å². The zero-order chi connectivity index (χ0) is 11.8.